The van der Waals surface area contributed by atoms with E-state index in [9.17, 15) is 4.79 Å². The summed E-state index contributed by atoms with van der Waals surface area (Å²) in [6.07, 6.45) is 2.13. The summed E-state index contributed by atoms with van der Waals surface area (Å²) in [5.41, 5.74) is 4.49. The normalized spacial score (nSPS) is 15.6. The van der Waals surface area contributed by atoms with Crippen molar-refractivity contribution in [2.75, 3.05) is 26.2 Å². The number of hydrogen-bond donors (Lipinski definition) is 0. The molecule has 1 aromatic carbocycles. The van der Waals surface area contributed by atoms with Gasteiger partial charge < -0.3 is 9.80 Å². The summed E-state index contributed by atoms with van der Waals surface area (Å²) in [6.45, 7) is 14.5. The van der Waals surface area contributed by atoms with Crippen LogP contribution in [0.4, 0.5) is 0 Å². The fourth-order valence-electron chi connectivity index (χ4n) is 3.91. The number of carbonyl (C=O) groups excluding carboxylic acids is 1. The van der Waals surface area contributed by atoms with Crippen LogP contribution < -0.4 is 0 Å². The molecule has 1 aliphatic heterocycles. The van der Waals surface area contributed by atoms with E-state index in [1.54, 1.807) is 0 Å². The van der Waals surface area contributed by atoms with Crippen LogP contribution in [0.3, 0.4) is 0 Å². The van der Waals surface area contributed by atoms with Gasteiger partial charge in [0.15, 0.2) is 0 Å². The highest BCUT2D eigenvalue weighted by Gasteiger charge is 2.28. The number of amides is 1. The largest absolute Gasteiger partial charge is 0.338 e. The van der Waals surface area contributed by atoms with Crippen molar-refractivity contribution in [1.29, 1.82) is 0 Å². The lowest BCUT2D eigenvalue weighted by Crippen LogP contribution is -2.46. The Morgan fingerprint density at radius 2 is 1.81 bits per heavy atom. The van der Waals surface area contributed by atoms with Crippen LogP contribution in [0.5, 0.6) is 0 Å². The molecule has 1 aliphatic rings. The zero-order valence-electron chi connectivity index (χ0n) is 17.2. The van der Waals surface area contributed by atoms with E-state index in [4.69, 9.17) is 4.98 Å². The van der Waals surface area contributed by atoms with Crippen LogP contribution in [0.15, 0.2) is 18.2 Å². The summed E-state index contributed by atoms with van der Waals surface area (Å²) < 4.78 is 0. The number of aromatic nitrogens is 1. The fourth-order valence-corrected chi connectivity index (χ4v) is 4.94. The molecular weight excluding hydrogens is 354 g/mol. The Hall–Kier alpha value is -1.72. The maximum Gasteiger partial charge on any atom is 0.265 e. The zero-order valence-corrected chi connectivity index (χ0v) is 18.0. The molecule has 0 saturated carbocycles. The van der Waals surface area contributed by atoms with Gasteiger partial charge in [0.1, 0.15) is 9.88 Å². The average molecular weight is 386 g/mol. The Balaban J connectivity index is 1.73. The molecule has 4 nitrogen and oxygen atoms in total. The summed E-state index contributed by atoms with van der Waals surface area (Å²) in [6, 6.07) is 7.00. The van der Waals surface area contributed by atoms with Crippen LogP contribution in [0, 0.1) is 20.8 Å². The smallest absolute Gasteiger partial charge is 0.265 e. The second-order valence-electron chi connectivity index (χ2n) is 7.48. The molecule has 2 aromatic rings. The third-order valence-electron chi connectivity index (χ3n) is 5.83. The number of piperidine rings is 1. The third-order valence-corrected chi connectivity index (χ3v) is 7.02. The molecule has 5 heteroatoms. The van der Waals surface area contributed by atoms with E-state index in [2.05, 4.69) is 50.8 Å². The number of rotatable bonds is 5. The van der Waals surface area contributed by atoms with Gasteiger partial charge in [0.2, 0.25) is 0 Å². The number of likely N-dealkylation sites (tertiary alicyclic amines) is 1. The van der Waals surface area contributed by atoms with Gasteiger partial charge >= 0.3 is 0 Å². The van der Waals surface area contributed by atoms with Crippen molar-refractivity contribution in [1.82, 2.24) is 14.8 Å². The molecular formula is C22H31N3OS. The monoisotopic (exact) mass is 385 g/mol. The van der Waals surface area contributed by atoms with Crippen LogP contribution in [-0.2, 0) is 0 Å². The quantitative estimate of drug-likeness (QED) is 0.750. The first-order chi connectivity index (χ1) is 12.9. The molecule has 27 heavy (non-hydrogen) atoms. The van der Waals surface area contributed by atoms with E-state index in [0.29, 0.717) is 6.04 Å². The minimum Gasteiger partial charge on any atom is -0.338 e. The Bertz CT molecular complexity index is 802. The van der Waals surface area contributed by atoms with E-state index in [1.807, 2.05) is 11.8 Å². The molecule has 1 aromatic heterocycles. The van der Waals surface area contributed by atoms with E-state index >= 15 is 0 Å². The van der Waals surface area contributed by atoms with Gasteiger partial charge in [-0.15, -0.1) is 11.3 Å². The van der Waals surface area contributed by atoms with Crippen LogP contribution in [-0.4, -0.2) is 52.9 Å². The van der Waals surface area contributed by atoms with E-state index in [0.717, 1.165) is 60.2 Å². The van der Waals surface area contributed by atoms with Gasteiger partial charge in [-0.2, -0.15) is 0 Å². The predicted molar refractivity (Wildman–Crippen MR) is 114 cm³/mol. The van der Waals surface area contributed by atoms with Gasteiger partial charge in [0.25, 0.3) is 5.91 Å². The van der Waals surface area contributed by atoms with Crippen molar-refractivity contribution < 1.29 is 4.79 Å². The summed E-state index contributed by atoms with van der Waals surface area (Å²) in [4.78, 5) is 23.1. The highest BCUT2D eigenvalue weighted by Crippen LogP contribution is 2.30. The topological polar surface area (TPSA) is 36.4 Å². The minimum atomic E-state index is 0.151. The molecule has 2 heterocycles. The standard InChI is InChI=1S/C22H31N3OS/c1-6-24(7-2)19-10-12-25(13-11-19)22(26)20-17(5)23-21(27-20)18-9-8-15(3)16(4)14-18/h8-9,14,19H,6-7,10-13H2,1-5H3. The van der Waals surface area contributed by atoms with E-state index in [-0.39, 0.29) is 5.91 Å². The number of thiazole rings is 1. The second-order valence-corrected chi connectivity index (χ2v) is 8.48. The van der Waals surface area contributed by atoms with Crippen LogP contribution >= 0.6 is 11.3 Å². The van der Waals surface area contributed by atoms with Crippen molar-refractivity contribution in [3.63, 3.8) is 0 Å². The second kappa shape index (κ2) is 8.53. The third kappa shape index (κ3) is 4.25. The molecule has 146 valence electrons. The Kier molecular flexibility index (Phi) is 6.33. The molecule has 1 fully saturated rings. The predicted octanol–water partition coefficient (Wildman–Crippen LogP) is 4.68. The molecule has 0 unspecified atom stereocenters. The zero-order chi connectivity index (χ0) is 19.6. The fraction of sp³-hybridized carbons (Fsp3) is 0.545. The van der Waals surface area contributed by atoms with Gasteiger partial charge in [-0.05, 0) is 63.9 Å². The highest BCUT2D eigenvalue weighted by molar-refractivity contribution is 7.17. The number of hydrogen-bond acceptors (Lipinski definition) is 4. The summed E-state index contributed by atoms with van der Waals surface area (Å²) in [7, 11) is 0. The average Bonchev–Trinajstić information content (AvgIpc) is 3.06. The maximum atomic E-state index is 13.1. The lowest BCUT2D eigenvalue weighted by molar-refractivity contribution is 0.0635. The van der Waals surface area contributed by atoms with E-state index in [1.165, 1.54) is 22.5 Å². The van der Waals surface area contributed by atoms with Crippen LogP contribution in [0.1, 0.15) is 53.2 Å². The van der Waals surface area contributed by atoms with Gasteiger partial charge in [0, 0.05) is 24.7 Å². The van der Waals surface area contributed by atoms with Gasteiger partial charge in [-0.3, -0.25) is 4.79 Å². The lowest BCUT2D eigenvalue weighted by atomic mass is 10.0. The molecule has 0 N–H and O–H groups in total. The van der Waals surface area contributed by atoms with Gasteiger partial charge in [-0.25, -0.2) is 4.98 Å². The van der Waals surface area contributed by atoms with Crippen molar-refractivity contribution in [2.24, 2.45) is 0 Å². The van der Waals surface area contributed by atoms with E-state index < -0.39 is 0 Å². The molecule has 0 atom stereocenters. The molecule has 0 aliphatic carbocycles. The first-order valence-corrected chi connectivity index (χ1v) is 10.8. The number of aryl methyl sites for hydroxylation is 3. The van der Waals surface area contributed by atoms with Crippen molar-refractivity contribution >= 4 is 17.2 Å². The maximum absolute atomic E-state index is 13.1. The first kappa shape index (κ1) is 20.0. The Morgan fingerprint density at radius 3 is 2.41 bits per heavy atom. The Labute approximate surface area is 167 Å². The van der Waals surface area contributed by atoms with Crippen molar-refractivity contribution in [3.05, 3.63) is 39.9 Å². The van der Waals surface area contributed by atoms with Crippen LogP contribution in [0.25, 0.3) is 10.6 Å². The molecule has 0 radical (unpaired) electrons. The summed E-state index contributed by atoms with van der Waals surface area (Å²) in [5, 5.41) is 0.942. The summed E-state index contributed by atoms with van der Waals surface area (Å²) in [5.74, 6) is 0.151. The molecule has 1 amide bonds. The number of nitrogens with zero attached hydrogens (tertiary/aromatic N) is 3. The first-order valence-electron chi connectivity index (χ1n) is 10.0. The number of carbonyl (C=O) groups is 1. The molecule has 0 bridgehead atoms. The van der Waals surface area contributed by atoms with Gasteiger partial charge in [-0.1, -0.05) is 26.0 Å². The SMILES string of the molecule is CCN(CC)C1CCN(C(=O)c2sc(-c3ccc(C)c(C)c3)nc2C)CC1. The molecule has 0 spiro atoms. The van der Waals surface area contributed by atoms with Gasteiger partial charge in [0.05, 0.1) is 5.69 Å². The van der Waals surface area contributed by atoms with Crippen molar-refractivity contribution in [3.8, 4) is 10.6 Å². The van der Waals surface area contributed by atoms with Crippen LogP contribution in [0.2, 0.25) is 0 Å². The Morgan fingerprint density at radius 1 is 1.15 bits per heavy atom. The summed E-state index contributed by atoms with van der Waals surface area (Å²) >= 11 is 1.53. The number of benzene rings is 1. The molecule has 3 rings (SSSR count). The lowest BCUT2D eigenvalue weighted by Gasteiger charge is -2.37. The minimum absolute atomic E-state index is 0.151. The van der Waals surface area contributed by atoms with Crippen molar-refractivity contribution in [2.45, 2.75) is 53.5 Å². The molecule has 1 saturated heterocycles. The highest BCUT2D eigenvalue weighted by atomic mass is 32.1.